The molecule has 1 saturated carbocycles. The summed E-state index contributed by atoms with van der Waals surface area (Å²) in [5, 5.41) is 3.22. The lowest BCUT2D eigenvalue weighted by atomic mass is 9.91. The smallest absolute Gasteiger partial charge is 0.329 e. The van der Waals surface area contributed by atoms with Crippen molar-refractivity contribution in [2.75, 3.05) is 0 Å². The Balaban J connectivity index is 1.59. The van der Waals surface area contributed by atoms with Gasteiger partial charge in [-0.15, -0.1) is 0 Å². The molecule has 5 heteroatoms. The van der Waals surface area contributed by atoms with E-state index in [0.29, 0.717) is 5.92 Å². The molecule has 2 aromatic carbocycles. The fraction of sp³-hybridized carbons (Fsp3) is 0.364. The number of rotatable bonds is 5. The lowest BCUT2D eigenvalue weighted by molar-refractivity contribution is -0.122. The van der Waals surface area contributed by atoms with E-state index in [-0.39, 0.29) is 24.2 Å². The zero-order valence-electron chi connectivity index (χ0n) is 15.6. The molecule has 0 radical (unpaired) electrons. The van der Waals surface area contributed by atoms with Gasteiger partial charge in [0, 0.05) is 7.05 Å². The van der Waals surface area contributed by atoms with E-state index in [4.69, 9.17) is 0 Å². The SMILES string of the molecule is Cn1c(=O)n(CC(=O)NC(c2ccccc2)C2CCCC2)c2ccccc21. The Labute approximate surface area is 158 Å². The molecule has 1 aliphatic carbocycles. The Hall–Kier alpha value is -2.82. The highest BCUT2D eigenvalue weighted by atomic mass is 16.2. The number of hydrogen-bond acceptors (Lipinski definition) is 2. The summed E-state index contributed by atoms with van der Waals surface area (Å²) >= 11 is 0. The maximum atomic E-state index is 12.9. The van der Waals surface area contributed by atoms with Crippen LogP contribution in [0.2, 0.25) is 0 Å². The van der Waals surface area contributed by atoms with Crippen molar-refractivity contribution < 1.29 is 4.79 Å². The second-order valence-electron chi connectivity index (χ2n) is 7.42. The van der Waals surface area contributed by atoms with Gasteiger partial charge in [-0.25, -0.2) is 4.79 Å². The van der Waals surface area contributed by atoms with Gasteiger partial charge in [0.25, 0.3) is 0 Å². The predicted octanol–water partition coefficient (Wildman–Crippen LogP) is 3.39. The number of nitrogens with one attached hydrogen (secondary N) is 1. The van der Waals surface area contributed by atoms with E-state index in [2.05, 4.69) is 17.4 Å². The number of carbonyl (C=O) groups excluding carboxylic acids is 1. The van der Waals surface area contributed by atoms with Crippen molar-refractivity contribution in [2.45, 2.75) is 38.3 Å². The molecule has 0 saturated heterocycles. The van der Waals surface area contributed by atoms with Gasteiger partial charge in [0.1, 0.15) is 6.54 Å². The molecule has 0 aliphatic heterocycles. The van der Waals surface area contributed by atoms with Crippen LogP contribution in [0, 0.1) is 5.92 Å². The molecule has 1 aromatic heterocycles. The average Bonchev–Trinajstić information content (AvgIpc) is 3.31. The van der Waals surface area contributed by atoms with E-state index < -0.39 is 0 Å². The first kappa shape index (κ1) is 17.6. The highest BCUT2D eigenvalue weighted by Crippen LogP contribution is 2.35. The van der Waals surface area contributed by atoms with Crippen LogP contribution >= 0.6 is 0 Å². The predicted molar refractivity (Wildman–Crippen MR) is 106 cm³/mol. The van der Waals surface area contributed by atoms with Gasteiger partial charge in [-0.2, -0.15) is 0 Å². The first-order chi connectivity index (χ1) is 13.1. The van der Waals surface area contributed by atoms with E-state index in [1.165, 1.54) is 12.8 Å². The first-order valence-corrected chi connectivity index (χ1v) is 9.63. The maximum Gasteiger partial charge on any atom is 0.329 e. The fourth-order valence-corrected chi connectivity index (χ4v) is 4.30. The summed E-state index contributed by atoms with van der Waals surface area (Å²) in [5.41, 5.74) is 2.61. The molecule has 3 aromatic rings. The Kier molecular flexibility index (Phi) is 4.84. The van der Waals surface area contributed by atoms with Crippen LogP contribution in [0.3, 0.4) is 0 Å². The minimum absolute atomic E-state index is 0.00637. The zero-order valence-corrected chi connectivity index (χ0v) is 15.6. The molecular formula is C22H25N3O2. The monoisotopic (exact) mass is 363 g/mol. The van der Waals surface area contributed by atoms with Gasteiger partial charge >= 0.3 is 5.69 Å². The zero-order chi connectivity index (χ0) is 18.8. The van der Waals surface area contributed by atoms with Crippen molar-refractivity contribution in [3.63, 3.8) is 0 Å². The van der Waals surface area contributed by atoms with E-state index in [1.54, 1.807) is 16.2 Å². The molecule has 1 atom stereocenters. The number of para-hydroxylation sites is 2. The molecule has 0 bridgehead atoms. The van der Waals surface area contributed by atoms with Gasteiger partial charge in [0.05, 0.1) is 17.1 Å². The van der Waals surface area contributed by atoms with Gasteiger partial charge in [-0.05, 0) is 36.5 Å². The van der Waals surface area contributed by atoms with Crippen molar-refractivity contribution in [1.82, 2.24) is 14.5 Å². The second kappa shape index (κ2) is 7.43. The topological polar surface area (TPSA) is 56.0 Å². The lowest BCUT2D eigenvalue weighted by Gasteiger charge is -2.25. The van der Waals surface area contributed by atoms with E-state index in [9.17, 15) is 9.59 Å². The Morgan fingerprint density at radius 1 is 1.04 bits per heavy atom. The summed E-state index contributed by atoms with van der Waals surface area (Å²) in [7, 11) is 1.74. The number of hydrogen-bond donors (Lipinski definition) is 1. The van der Waals surface area contributed by atoms with E-state index in [1.807, 2.05) is 42.5 Å². The average molecular weight is 363 g/mol. The molecule has 4 rings (SSSR count). The fourth-order valence-electron chi connectivity index (χ4n) is 4.30. The number of imidazole rings is 1. The van der Waals surface area contributed by atoms with Gasteiger partial charge in [0.2, 0.25) is 5.91 Å². The Morgan fingerprint density at radius 2 is 1.67 bits per heavy atom. The third-order valence-electron chi connectivity index (χ3n) is 5.70. The van der Waals surface area contributed by atoms with Crippen molar-refractivity contribution in [2.24, 2.45) is 13.0 Å². The molecule has 0 spiro atoms. The molecule has 1 unspecified atom stereocenters. The van der Waals surface area contributed by atoms with Crippen LogP contribution in [-0.2, 0) is 18.4 Å². The molecular weight excluding hydrogens is 338 g/mol. The molecule has 140 valence electrons. The number of benzene rings is 2. The van der Waals surface area contributed by atoms with Crippen molar-refractivity contribution in [3.8, 4) is 0 Å². The summed E-state index contributed by atoms with van der Waals surface area (Å²) in [5.74, 6) is 0.342. The normalized spacial score (nSPS) is 15.9. The third kappa shape index (κ3) is 3.42. The summed E-state index contributed by atoms with van der Waals surface area (Å²) in [4.78, 5) is 25.5. The van der Waals surface area contributed by atoms with E-state index in [0.717, 1.165) is 29.4 Å². The summed E-state index contributed by atoms with van der Waals surface area (Å²) < 4.78 is 3.15. The van der Waals surface area contributed by atoms with Crippen LogP contribution in [0.5, 0.6) is 0 Å². The maximum absolute atomic E-state index is 12.9. The minimum Gasteiger partial charge on any atom is -0.347 e. The van der Waals surface area contributed by atoms with Crippen LogP contribution in [0.4, 0.5) is 0 Å². The Bertz CT molecular complexity index is 997. The molecule has 1 N–H and O–H groups in total. The van der Waals surface area contributed by atoms with Crippen LogP contribution < -0.4 is 11.0 Å². The number of aromatic nitrogens is 2. The van der Waals surface area contributed by atoms with Gasteiger partial charge in [-0.1, -0.05) is 55.3 Å². The summed E-state index contributed by atoms with van der Waals surface area (Å²) in [6.07, 6.45) is 4.70. The third-order valence-corrected chi connectivity index (χ3v) is 5.70. The van der Waals surface area contributed by atoms with Crippen LogP contribution in [-0.4, -0.2) is 15.0 Å². The number of carbonyl (C=O) groups is 1. The number of fused-ring (bicyclic) bond motifs is 1. The van der Waals surface area contributed by atoms with Crippen molar-refractivity contribution in [3.05, 3.63) is 70.6 Å². The van der Waals surface area contributed by atoms with Crippen LogP contribution in [0.25, 0.3) is 11.0 Å². The molecule has 5 nitrogen and oxygen atoms in total. The molecule has 1 fully saturated rings. The number of aryl methyl sites for hydroxylation is 1. The first-order valence-electron chi connectivity index (χ1n) is 9.63. The highest BCUT2D eigenvalue weighted by Gasteiger charge is 2.28. The molecule has 1 aliphatic rings. The molecule has 27 heavy (non-hydrogen) atoms. The molecule has 1 heterocycles. The van der Waals surface area contributed by atoms with Crippen molar-refractivity contribution >= 4 is 16.9 Å². The van der Waals surface area contributed by atoms with E-state index >= 15 is 0 Å². The van der Waals surface area contributed by atoms with Gasteiger partial charge < -0.3 is 5.32 Å². The standard InChI is InChI=1S/C22H25N3O2/c1-24-18-13-7-8-14-19(18)25(22(24)27)15-20(26)23-21(17-11-5-6-12-17)16-9-3-2-4-10-16/h2-4,7-10,13-14,17,21H,5-6,11-12,15H2,1H3,(H,23,26). The minimum atomic E-state index is -0.163. The van der Waals surface area contributed by atoms with Gasteiger partial charge in [-0.3, -0.25) is 13.9 Å². The van der Waals surface area contributed by atoms with Crippen molar-refractivity contribution in [1.29, 1.82) is 0 Å². The lowest BCUT2D eigenvalue weighted by Crippen LogP contribution is -2.37. The number of amides is 1. The largest absolute Gasteiger partial charge is 0.347 e. The number of nitrogens with zero attached hydrogens (tertiary/aromatic N) is 2. The summed E-state index contributed by atoms with van der Waals surface area (Å²) in [6.45, 7) is 0.0379. The van der Waals surface area contributed by atoms with Crippen LogP contribution in [0.1, 0.15) is 37.3 Å². The summed E-state index contributed by atoms with van der Waals surface area (Å²) in [6, 6.07) is 17.8. The second-order valence-corrected chi connectivity index (χ2v) is 7.42. The molecule has 1 amide bonds. The van der Waals surface area contributed by atoms with Crippen LogP contribution in [0.15, 0.2) is 59.4 Å². The quantitative estimate of drug-likeness (QED) is 0.755. The van der Waals surface area contributed by atoms with Gasteiger partial charge in [0.15, 0.2) is 0 Å². The Morgan fingerprint density at radius 3 is 2.37 bits per heavy atom. The highest BCUT2D eigenvalue weighted by molar-refractivity contribution is 5.81.